The number of hydrogen-bond donors (Lipinski definition) is 3. The minimum atomic E-state index is -1.47. The maximum Gasteiger partial charge on any atom is 0.310 e. The van der Waals surface area contributed by atoms with Crippen LogP contribution in [0.1, 0.15) is 39.9 Å². The lowest BCUT2D eigenvalue weighted by Gasteiger charge is -2.48. The Balaban J connectivity index is 1.16. The molecule has 3 N–H and O–H groups in total. The summed E-state index contributed by atoms with van der Waals surface area (Å²) in [6, 6.07) is 10.7. The van der Waals surface area contributed by atoms with E-state index in [1.165, 1.54) is 25.6 Å². The van der Waals surface area contributed by atoms with Gasteiger partial charge >= 0.3 is 5.97 Å². The van der Waals surface area contributed by atoms with Gasteiger partial charge in [0.2, 0.25) is 12.5 Å². The van der Waals surface area contributed by atoms with Gasteiger partial charge < -0.3 is 58.0 Å². The van der Waals surface area contributed by atoms with Crippen LogP contribution in [0.2, 0.25) is 0 Å². The van der Waals surface area contributed by atoms with Crippen molar-refractivity contribution in [3.05, 3.63) is 63.3 Å². The number of ether oxygens (including phenoxy) is 9. The van der Waals surface area contributed by atoms with Crippen LogP contribution in [0.3, 0.4) is 0 Å². The minimum absolute atomic E-state index is 0.0242. The molecule has 46 heavy (non-hydrogen) atoms. The average molecular weight is 657 g/mol. The van der Waals surface area contributed by atoms with E-state index < -0.39 is 66.8 Å². The monoisotopic (exact) mass is 656 g/mol. The van der Waals surface area contributed by atoms with Gasteiger partial charge in [0.15, 0.2) is 35.6 Å². The van der Waals surface area contributed by atoms with Crippen LogP contribution in [-0.4, -0.2) is 86.2 Å². The number of aromatic hydroxyl groups is 1. The van der Waals surface area contributed by atoms with Gasteiger partial charge in [0, 0.05) is 11.8 Å². The standard InChI is InChI=1S/C32H32O13S/c1-37-19-6-13(7-20(38-2)25(19)33)23-14-8-17-18(42-12-41-17)9-15(14)28(16-10-39-30(36)24(16)23)44-32-27(35)26(34)29-21(43-32)11-40-31(45-29)22-4-3-5-46-22/h3-9,16,21,23-24,26-29,31-35H,10-12H2,1-2H3/t16-,21-,23-,24+,26-,27-,28+,29-,31-,32+/m1/s1. The van der Waals surface area contributed by atoms with Crippen LogP contribution in [0.25, 0.3) is 0 Å². The number of carbonyl (C=O) groups is 1. The summed E-state index contributed by atoms with van der Waals surface area (Å²) in [5.41, 5.74) is 2.00. The summed E-state index contributed by atoms with van der Waals surface area (Å²) in [6.07, 6.45) is -7.16. The number of hydrogen-bond acceptors (Lipinski definition) is 14. The van der Waals surface area contributed by atoms with E-state index >= 15 is 0 Å². The fourth-order valence-corrected chi connectivity index (χ4v) is 7.89. The fraction of sp³-hybridized carbons (Fsp3) is 0.469. The van der Waals surface area contributed by atoms with E-state index in [0.29, 0.717) is 28.2 Å². The molecule has 0 amide bonds. The van der Waals surface area contributed by atoms with Crippen molar-refractivity contribution in [3.8, 4) is 28.7 Å². The molecule has 14 heteroatoms. The van der Waals surface area contributed by atoms with Crippen molar-refractivity contribution < 1.29 is 62.7 Å². The number of phenols is 1. The van der Waals surface area contributed by atoms with E-state index in [0.717, 1.165) is 4.88 Å². The first-order chi connectivity index (χ1) is 22.4. The molecule has 5 aliphatic rings. The Bertz CT molecular complexity index is 1600. The molecule has 10 atom stereocenters. The molecule has 5 heterocycles. The number of cyclic esters (lactones) is 1. The molecule has 13 nitrogen and oxygen atoms in total. The first-order valence-electron chi connectivity index (χ1n) is 14.9. The molecule has 0 bridgehead atoms. The molecule has 244 valence electrons. The number of aliphatic hydroxyl groups excluding tert-OH is 2. The number of phenolic OH excluding ortho intramolecular Hbond substituents is 1. The summed E-state index contributed by atoms with van der Waals surface area (Å²) in [5.74, 6) is -1.08. The topological polar surface area (TPSA) is 161 Å². The quantitative estimate of drug-likeness (QED) is 0.333. The van der Waals surface area contributed by atoms with Crippen molar-refractivity contribution in [1.29, 1.82) is 0 Å². The molecular formula is C32H32O13S. The fourth-order valence-electron chi connectivity index (χ4n) is 7.18. The third-order valence-electron chi connectivity index (χ3n) is 9.37. The van der Waals surface area contributed by atoms with Crippen LogP contribution in [-0.2, 0) is 28.5 Å². The summed E-state index contributed by atoms with van der Waals surface area (Å²) in [5, 5.41) is 35.0. The maximum atomic E-state index is 13.5. The predicted octanol–water partition coefficient (Wildman–Crippen LogP) is 2.75. The van der Waals surface area contributed by atoms with Gasteiger partial charge in [0.25, 0.3) is 0 Å². The Labute approximate surface area is 267 Å². The molecule has 4 aliphatic heterocycles. The Morgan fingerprint density at radius 1 is 0.913 bits per heavy atom. The van der Waals surface area contributed by atoms with Gasteiger partial charge in [-0.25, -0.2) is 0 Å². The lowest BCUT2D eigenvalue weighted by atomic mass is 9.66. The molecule has 2 aromatic carbocycles. The molecule has 1 aliphatic carbocycles. The second kappa shape index (κ2) is 11.6. The molecule has 0 saturated carbocycles. The van der Waals surface area contributed by atoms with Gasteiger partial charge in [-0.15, -0.1) is 11.3 Å². The van der Waals surface area contributed by atoms with Crippen molar-refractivity contribution in [2.75, 3.05) is 34.2 Å². The number of rotatable bonds is 6. The van der Waals surface area contributed by atoms with Crippen LogP contribution < -0.4 is 18.9 Å². The highest BCUT2D eigenvalue weighted by molar-refractivity contribution is 7.10. The SMILES string of the molecule is COc1cc([C@@H]2c3cc4c(cc3[C@H](O[C@@H]3O[C@@H]5CO[C@@H](c6cccs6)O[C@H]5[C@H](O)[C@H]3O)[C@@H]3COC(=O)[C@H]23)OCO4)cc(OC)c1O. The Kier molecular flexibility index (Phi) is 7.48. The molecule has 8 rings (SSSR count). The number of benzene rings is 2. The summed E-state index contributed by atoms with van der Waals surface area (Å²) < 4.78 is 52.6. The van der Waals surface area contributed by atoms with Gasteiger partial charge in [-0.05, 0) is 52.4 Å². The van der Waals surface area contributed by atoms with E-state index in [4.69, 9.17) is 42.6 Å². The largest absolute Gasteiger partial charge is 0.502 e. The first kappa shape index (κ1) is 29.8. The Morgan fingerprint density at radius 2 is 1.65 bits per heavy atom. The van der Waals surface area contributed by atoms with E-state index in [9.17, 15) is 20.1 Å². The minimum Gasteiger partial charge on any atom is -0.502 e. The van der Waals surface area contributed by atoms with Crippen molar-refractivity contribution >= 4 is 17.3 Å². The number of methoxy groups -OCH3 is 2. The molecule has 3 fully saturated rings. The summed E-state index contributed by atoms with van der Waals surface area (Å²) >= 11 is 1.46. The van der Waals surface area contributed by atoms with Crippen LogP contribution in [0.15, 0.2) is 41.8 Å². The zero-order valence-electron chi connectivity index (χ0n) is 24.8. The van der Waals surface area contributed by atoms with Crippen molar-refractivity contribution in [1.82, 2.24) is 0 Å². The van der Waals surface area contributed by atoms with Crippen LogP contribution in [0.5, 0.6) is 28.7 Å². The first-order valence-corrected chi connectivity index (χ1v) is 15.8. The van der Waals surface area contributed by atoms with Gasteiger partial charge in [-0.1, -0.05) is 6.07 Å². The van der Waals surface area contributed by atoms with Crippen LogP contribution in [0, 0.1) is 11.8 Å². The zero-order chi connectivity index (χ0) is 31.7. The highest BCUT2D eigenvalue weighted by atomic mass is 32.1. The molecule has 1 aromatic heterocycles. The molecule has 3 saturated heterocycles. The second-order valence-corrected chi connectivity index (χ2v) is 12.7. The van der Waals surface area contributed by atoms with Crippen molar-refractivity contribution in [3.63, 3.8) is 0 Å². The maximum absolute atomic E-state index is 13.5. The number of carbonyl (C=O) groups excluding carboxylic acids is 1. The average Bonchev–Trinajstić information content (AvgIpc) is 3.85. The number of esters is 1. The van der Waals surface area contributed by atoms with Gasteiger partial charge in [0.1, 0.15) is 24.4 Å². The predicted molar refractivity (Wildman–Crippen MR) is 156 cm³/mol. The second-order valence-electron chi connectivity index (χ2n) is 11.8. The van der Waals surface area contributed by atoms with Crippen molar-refractivity contribution in [2.45, 2.75) is 49.0 Å². The molecule has 0 radical (unpaired) electrons. The lowest BCUT2D eigenvalue weighted by Crippen LogP contribution is -2.62. The van der Waals surface area contributed by atoms with Crippen LogP contribution >= 0.6 is 11.3 Å². The number of aliphatic hydroxyl groups is 2. The highest BCUT2D eigenvalue weighted by Crippen LogP contribution is 2.57. The van der Waals surface area contributed by atoms with E-state index in [1.807, 2.05) is 23.6 Å². The third-order valence-corrected chi connectivity index (χ3v) is 10.3. The number of fused-ring (bicyclic) bond motifs is 4. The van der Waals surface area contributed by atoms with Gasteiger partial charge in [0.05, 0.1) is 44.3 Å². The normalized spacial score (nSPS) is 34.3. The molecule has 0 unspecified atom stereocenters. The van der Waals surface area contributed by atoms with Gasteiger partial charge in [-0.3, -0.25) is 4.79 Å². The molecular weight excluding hydrogens is 624 g/mol. The Morgan fingerprint density at radius 3 is 2.35 bits per heavy atom. The molecule has 0 spiro atoms. The lowest BCUT2D eigenvalue weighted by molar-refractivity contribution is -0.368. The van der Waals surface area contributed by atoms with E-state index in [2.05, 4.69) is 0 Å². The zero-order valence-corrected chi connectivity index (χ0v) is 25.6. The smallest absolute Gasteiger partial charge is 0.310 e. The van der Waals surface area contributed by atoms with E-state index in [1.54, 1.807) is 18.2 Å². The van der Waals surface area contributed by atoms with E-state index in [-0.39, 0.29) is 37.3 Å². The van der Waals surface area contributed by atoms with Crippen LogP contribution in [0.4, 0.5) is 0 Å². The number of thiophene rings is 1. The van der Waals surface area contributed by atoms with Crippen molar-refractivity contribution in [2.24, 2.45) is 11.8 Å². The summed E-state index contributed by atoms with van der Waals surface area (Å²) in [6.45, 7) is 0.171. The highest BCUT2D eigenvalue weighted by Gasteiger charge is 2.56. The van der Waals surface area contributed by atoms with Gasteiger partial charge in [-0.2, -0.15) is 0 Å². The molecule has 3 aromatic rings. The summed E-state index contributed by atoms with van der Waals surface area (Å²) in [7, 11) is 2.86. The summed E-state index contributed by atoms with van der Waals surface area (Å²) in [4.78, 5) is 14.3. The third kappa shape index (κ3) is 4.70. The Hall–Kier alpha value is -3.63.